The maximum atomic E-state index is 4.27. The summed E-state index contributed by atoms with van der Waals surface area (Å²) >= 11 is 2.23. The standard InChI is InChI=1S/C8H12IN3/c1-4-11(3)8-10-6-7(9)12(8)5-2/h5-6H,2,4H2,1,3H3. The van der Waals surface area contributed by atoms with Gasteiger partial charge in [-0.05, 0) is 29.5 Å². The molecule has 0 N–H and O–H groups in total. The van der Waals surface area contributed by atoms with Gasteiger partial charge in [0.05, 0.1) is 6.20 Å². The molecule has 0 aliphatic heterocycles. The lowest BCUT2D eigenvalue weighted by atomic mass is 10.6. The first-order valence-corrected chi connectivity index (χ1v) is 4.85. The third kappa shape index (κ3) is 1.63. The van der Waals surface area contributed by atoms with Gasteiger partial charge in [0.1, 0.15) is 3.70 Å². The fourth-order valence-electron chi connectivity index (χ4n) is 0.924. The molecular formula is C8H12IN3. The number of nitrogens with zero attached hydrogens (tertiary/aromatic N) is 3. The highest BCUT2D eigenvalue weighted by atomic mass is 127. The first kappa shape index (κ1) is 9.57. The van der Waals surface area contributed by atoms with E-state index in [4.69, 9.17) is 0 Å². The molecule has 4 heteroatoms. The highest BCUT2D eigenvalue weighted by molar-refractivity contribution is 14.1. The van der Waals surface area contributed by atoms with Gasteiger partial charge in [0, 0.05) is 19.8 Å². The van der Waals surface area contributed by atoms with Crippen LogP contribution in [0.2, 0.25) is 0 Å². The van der Waals surface area contributed by atoms with Gasteiger partial charge in [-0.15, -0.1) is 0 Å². The number of halogens is 1. The predicted molar refractivity (Wildman–Crippen MR) is 60.3 cm³/mol. The molecule has 0 bridgehead atoms. The SMILES string of the molecule is C=Cn1c(I)cnc1N(C)CC. The van der Waals surface area contributed by atoms with Crippen LogP contribution >= 0.6 is 22.6 Å². The Morgan fingerprint density at radius 1 is 1.83 bits per heavy atom. The largest absolute Gasteiger partial charge is 0.345 e. The Kier molecular flexibility index (Phi) is 3.13. The van der Waals surface area contributed by atoms with Crippen LogP contribution in [0.1, 0.15) is 6.92 Å². The second-order valence-corrected chi connectivity index (χ2v) is 3.55. The molecule has 0 fully saturated rings. The molecule has 0 saturated heterocycles. The highest BCUT2D eigenvalue weighted by Crippen LogP contribution is 2.15. The molecule has 0 radical (unpaired) electrons. The maximum Gasteiger partial charge on any atom is 0.210 e. The molecule has 3 nitrogen and oxygen atoms in total. The molecule has 0 saturated carbocycles. The van der Waals surface area contributed by atoms with E-state index in [9.17, 15) is 0 Å². The first-order chi connectivity index (χ1) is 5.70. The van der Waals surface area contributed by atoms with Crippen molar-refractivity contribution in [1.82, 2.24) is 9.55 Å². The zero-order chi connectivity index (χ0) is 9.14. The van der Waals surface area contributed by atoms with Gasteiger partial charge in [-0.25, -0.2) is 4.98 Å². The number of aromatic nitrogens is 2. The Hall–Kier alpha value is -0.520. The summed E-state index contributed by atoms with van der Waals surface area (Å²) in [7, 11) is 2.01. The fraction of sp³-hybridized carbons (Fsp3) is 0.375. The number of anilines is 1. The van der Waals surface area contributed by atoms with Crippen LogP contribution in [-0.2, 0) is 0 Å². The second-order valence-electron chi connectivity index (χ2n) is 2.45. The zero-order valence-corrected chi connectivity index (χ0v) is 9.45. The van der Waals surface area contributed by atoms with Gasteiger partial charge >= 0.3 is 0 Å². The van der Waals surface area contributed by atoms with E-state index in [0.717, 1.165) is 16.2 Å². The van der Waals surface area contributed by atoms with Crippen molar-refractivity contribution in [2.45, 2.75) is 6.92 Å². The third-order valence-corrected chi connectivity index (χ3v) is 2.53. The molecule has 0 amide bonds. The lowest BCUT2D eigenvalue weighted by Gasteiger charge is -2.15. The van der Waals surface area contributed by atoms with Crippen molar-refractivity contribution in [1.29, 1.82) is 0 Å². The summed E-state index contributed by atoms with van der Waals surface area (Å²) in [6.45, 7) is 6.77. The van der Waals surface area contributed by atoms with E-state index in [-0.39, 0.29) is 0 Å². The van der Waals surface area contributed by atoms with Crippen molar-refractivity contribution in [2.75, 3.05) is 18.5 Å². The Bertz CT molecular complexity index is 280. The van der Waals surface area contributed by atoms with E-state index in [0.29, 0.717) is 0 Å². The van der Waals surface area contributed by atoms with Gasteiger partial charge in [-0.2, -0.15) is 0 Å². The molecule has 0 atom stereocenters. The van der Waals surface area contributed by atoms with Crippen LogP contribution in [-0.4, -0.2) is 23.1 Å². The average molecular weight is 277 g/mol. The molecule has 0 unspecified atom stereocenters. The van der Waals surface area contributed by atoms with Crippen molar-refractivity contribution in [2.24, 2.45) is 0 Å². The Morgan fingerprint density at radius 2 is 2.50 bits per heavy atom. The van der Waals surface area contributed by atoms with Crippen molar-refractivity contribution in [3.8, 4) is 0 Å². The molecule has 0 aromatic carbocycles. The average Bonchev–Trinajstić information content (AvgIpc) is 2.45. The van der Waals surface area contributed by atoms with E-state index in [1.807, 2.05) is 17.8 Å². The number of hydrogen-bond acceptors (Lipinski definition) is 2. The zero-order valence-electron chi connectivity index (χ0n) is 7.29. The van der Waals surface area contributed by atoms with Gasteiger partial charge in [0.15, 0.2) is 0 Å². The van der Waals surface area contributed by atoms with Crippen LogP contribution in [0.15, 0.2) is 12.8 Å². The van der Waals surface area contributed by atoms with E-state index in [1.165, 1.54) is 0 Å². The molecule has 1 heterocycles. The summed E-state index contributed by atoms with van der Waals surface area (Å²) in [5.74, 6) is 0.942. The first-order valence-electron chi connectivity index (χ1n) is 3.77. The van der Waals surface area contributed by atoms with Crippen molar-refractivity contribution in [3.63, 3.8) is 0 Å². The van der Waals surface area contributed by atoms with E-state index >= 15 is 0 Å². The smallest absolute Gasteiger partial charge is 0.210 e. The predicted octanol–water partition coefficient (Wildman–Crippen LogP) is 2.04. The lowest BCUT2D eigenvalue weighted by molar-refractivity contribution is 0.890. The lowest BCUT2D eigenvalue weighted by Crippen LogP contribution is -2.19. The van der Waals surface area contributed by atoms with Gasteiger partial charge in [0.2, 0.25) is 5.95 Å². The highest BCUT2D eigenvalue weighted by Gasteiger charge is 2.07. The maximum absolute atomic E-state index is 4.27. The van der Waals surface area contributed by atoms with E-state index in [1.54, 1.807) is 6.20 Å². The molecule has 0 spiro atoms. The Morgan fingerprint density at radius 3 is 3.00 bits per heavy atom. The van der Waals surface area contributed by atoms with E-state index < -0.39 is 0 Å². The van der Waals surface area contributed by atoms with Gasteiger partial charge in [0.25, 0.3) is 0 Å². The van der Waals surface area contributed by atoms with Gasteiger partial charge in [-0.1, -0.05) is 6.58 Å². The van der Waals surface area contributed by atoms with Crippen LogP contribution < -0.4 is 4.90 Å². The Balaban J connectivity index is 3.06. The molecule has 1 rings (SSSR count). The molecule has 0 aliphatic rings. The normalized spacial score (nSPS) is 9.92. The van der Waals surface area contributed by atoms with Crippen molar-refractivity contribution < 1.29 is 0 Å². The summed E-state index contributed by atoms with van der Waals surface area (Å²) in [6.07, 6.45) is 3.61. The van der Waals surface area contributed by atoms with Crippen LogP contribution in [0.5, 0.6) is 0 Å². The number of hydrogen-bond donors (Lipinski definition) is 0. The Labute approximate surface area is 86.2 Å². The van der Waals surface area contributed by atoms with Crippen LogP contribution in [0.3, 0.4) is 0 Å². The van der Waals surface area contributed by atoms with Crippen LogP contribution in [0, 0.1) is 3.70 Å². The second kappa shape index (κ2) is 3.93. The monoisotopic (exact) mass is 277 g/mol. The minimum absolute atomic E-state index is 0.942. The molecule has 1 aromatic rings. The summed E-state index contributed by atoms with van der Waals surface area (Å²) in [4.78, 5) is 6.34. The van der Waals surface area contributed by atoms with Gasteiger partial charge in [-0.3, -0.25) is 4.57 Å². The molecular weight excluding hydrogens is 265 g/mol. The molecule has 12 heavy (non-hydrogen) atoms. The fourth-order valence-corrected chi connectivity index (χ4v) is 1.48. The summed E-state index contributed by atoms with van der Waals surface area (Å²) in [5.41, 5.74) is 0. The topological polar surface area (TPSA) is 21.1 Å². The van der Waals surface area contributed by atoms with Crippen LogP contribution in [0.4, 0.5) is 5.95 Å². The minimum atomic E-state index is 0.942. The minimum Gasteiger partial charge on any atom is -0.345 e. The van der Waals surface area contributed by atoms with Crippen LogP contribution in [0.25, 0.3) is 6.20 Å². The summed E-state index contributed by atoms with van der Waals surface area (Å²) < 4.78 is 3.04. The third-order valence-electron chi connectivity index (χ3n) is 1.73. The molecule has 66 valence electrons. The molecule has 1 aromatic heterocycles. The molecule has 0 aliphatic carbocycles. The number of imidazole rings is 1. The quantitative estimate of drug-likeness (QED) is 0.788. The van der Waals surface area contributed by atoms with Gasteiger partial charge < -0.3 is 4.90 Å². The summed E-state index contributed by atoms with van der Waals surface area (Å²) in [6, 6.07) is 0. The van der Waals surface area contributed by atoms with Crippen molar-refractivity contribution >= 4 is 34.7 Å². The number of rotatable bonds is 3. The van der Waals surface area contributed by atoms with Crippen molar-refractivity contribution in [3.05, 3.63) is 16.5 Å². The summed E-state index contributed by atoms with van der Waals surface area (Å²) in [5, 5.41) is 0. The van der Waals surface area contributed by atoms with E-state index in [2.05, 4.69) is 46.0 Å².